The number of aryl methyl sites for hydroxylation is 3. The Hall–Kier alpha value is -2.49. The standard InChI is InChI=1S/C22H29NO3/c1-6-21(26-20-12-9-16(3)17(4)13-20)22(24)23-18(5)14-25-19-10-7-15(2)8-11-19/h7-13,18,21H,6,14H2,1-5H3,(H,23,24). The smallest absolute Gasteiger partial charge is 0.261 e. The van der Waals surface area contributed by atoms with Gasteiger partial charge in [-0.15, -0.1) is 0 Å². The molecule has 2 rings (SSSR count). The number of hydrogen-bond acceptors (Lipinski definition) is 3. The Bertz CT molecular complexity index is 725. The predicted molar refractivity (Wildman–Crippen MR) is 105 cm³/mol. The monoisotopic (exact) mass is 355 g/mol. The van der Waals surface area contributed by atoms with E-state index in [0.29, 0.717) is 13.0 Å². The van der Waals surface area contributed by atoms with Crippen molar-refractivity contribution in [2.24, 2.45) is 0 Å². The van der Waals surface area contributed by atoms with Gasteiger partial charge in [0.2, 0.25) is 0 Å². The molecule has 0 heterocycles. The molecule has 4 heteroatoms. The minimum atomic E-state index is -0.515. The van der Waals surface area contributed by atoms with Crippen molar-refractivity contribution in [3.05, 3.63) is 59.2 Å². The number of carbonyl (C=O) groups is 1. The molecule has 0 saturated carbocycles. The fourth-order valence-electron chi connectivity index (χ4n) is 2.51. The van der Waals surface area contributed by atoms with Crippen LogP contribution >= 0.6 is 0 Å². The normalized spacial score (nSPS) is 13.0. The number of carbonyl (C=O) groups excluding carboxylic acids is 1. The van der Waals surface area contributed by atoms with Gasteiger partial charge in [-0.25, -0.2) is 0 Å². The zero-order valence-corrected chi connectivity index (χ0v) is 16.3. The summed E-state index contributed by atoms with van der Waals surface area (Å²) in [6, 6.07) is 13.6. The van der Waals surface area contributed by atoms with Crippen molar-refractivity contribution in [2.45, 2.75) is 53.2 Å². The molecule has 0 aromatic heterocycles. The minimum Gasteiger partial charge on any atom is -0.491 e. The van der Waals surface area contributed by atoms with E-state index in [0.717, 1.165) is 17.1 Å². The summed E-state index contributed by atoms with van der Waals surface area (Å²) in [5, 5.41) is 2.97. The van der Waals surface area contributed by atoms with Crippen LogP contribution in [0.25, 0.3) is 0 Å². The van der Waals surface area contributed by atoms with Crippen LogP contribution in [0.5, 0.6) is 11.5 Å². The van der Waals surface area contributed by atoms with Crippen molar-refractivity contribution in [2.75, 3.05) is 6.61 Å². The SMILES string of the molecule is CCC(Oc1ccc(C)c(C)c1)C(=O)NC(C)COc1ccc(C)cc1. The van der Waals surface area contributed by atoms with Gasteiger partial charge in [0.25, 0.3) is 5.91 Å². The topological polar surface area (TPSA) is 47.6 Å². The van der Waals surface area contributed by atoms with Gasteiger partial charge in [0.05, 0.1) is 6.04 Å². The molecule has 0 aliphatic heterocycles. The van der Waals surface area contributed by atoms with E-state index in [-0.39, 0.29) is 11.9 Å². The molecule has 2 aromatic rings. The molecule has 26 heavy (non-hydrogen) atoms. The molecule has 2 unspecified atom stereocenters. The van der Waals surface area contributed by atoms with E-state index in [4.69, 9.17) is 9.47 Å². The third-order valence-corrected chi connectivity index (χ3v) is 4.33. The fourth-order valence-corrected chi connectivity index (χ4v) is 2.51. The van der Waals surface area contributed by atoms with Gasteiger partial charge in [-0.1, -0.05) is 30.7 Å². The molecule has 0 aliphatic rings. The minimum absolute atomic E-state index is 0.110. The van der Waals surface area contributed by atoms with E-state index in [1.165, 1.54) is 11.1 Å². The van der Waals surface area contributed by atoms with Crippen LogP contribution < -0.4 is 14.8 Å². The summed E-state index contributed by atoms with van der Waals surface area (Å²) < 4.78 is 11.6. The lowest BCUT2D eigenvalue weighted by Crippen LogP contribution is -2.44. The zero-order valence-electron chi connectivity index (χ0n) is 16.3. The maximum absolute atomic E-state index is 12.5. The summed E-state index contributed by atoms with van der Waals surface area (Å²) in [6.07, 6.45) is 0.0866. The Kier molecular flexibility index (Phi) is 7.07. The summed E-state index contributed by atoms with van der Waals surface area (Å²) in [5.41, 5.74) is 3.54. The van der Waals surface area contributed by atoms with Gasteiger partial charge in [0, 0.05) is 0 Å². The Balaban J connectivity index is 1.86. The third-order valence-electron chi connectivity index (χ3n) is 4.33. The first-order chi connectivity index (χ1) is 12.4. The lowest BCUT2D eigenvalue weighted by atomic mass is 10.1. The summed E-state index contributed by atoms with van der Waals surface area (Å²) in [7, 11) is 0. The molecule has 1 N–H and O–H groups in total. The molecule has 140 valence electrons. The third kappa shape index (κ3) is 5.80. The van der Waals surface area contributed by atoms with E-state index in [2.05, 4.69) is 12.2 Å². The van der Waals surface area contributed by atoms with Crippen LogP contribution in [0.3, 0.4) is 0 Å². The summed E-state index contributed by atoms with van der Waals surface area (Å²) in [4.78, 5) is 12.5. The highest BCUT2D eigenvalue weighted by Gasteiger charge is 2.20. The van der Waals surface area contributed by atoms with E-state index < -0.39 is 6.10 Å². The average molecular weight is 355 g/mol. The Labute approximate surface area is 156 Å². The second-order valence-electron chi connectivity index (χ2n) is 6.79. The molecule has 0 saturated heterocycles. The molecule has 4 nitrogen and oxygen atoms in total. The molecule has 1 amide bonds. The van der Waals surface area contributed by atoms with Gasteiger partial charge in [0.1, 0.15) is 18.1 Å². The quantitative estimate of drug-likeness (QED) is 0.766. The Morgan fingerprint density at radius 3 is 2.27 bits per heavy atom. The van der Waals surface area contributed by atoms with Crippen LogP contribution in [-0.2, 0) is 4.79 Å². The second kappa shape index (κ2) is 9.27. The zero-order chi connectivity index (χ0) is 19.1. The van der Waals surface area contributed by atoms with Crippen LogP contribution in [-0.4, -0.2) is 24.7 Å². The Morgan fingerprint density at radius 1 is 1.00 bits per heavy atom. The first kappa shape index (κ1) is 19.8. The van der Waals surface area contributed by atoms with Gasteiger partial charge >= 0.3 is 0 Å². The van der Waals surface area contributed by atoms with Gasteiger partial charge in [-0.2, -0.15) is 0 Å². The van der Waals surface area contributed by atoms with E-state index in [1.54, 1.807) is 0 Å². The van der Waals surface area contributed by atoms with Gasteiger partial charge < -0.3 is 14.8 Å². The molecule has 0 spiro atoms. The van der Waals surface area contributed by atoms with E-state index >= 15 is 0 Å². The largest absolute Gasteiger partial charge is 0.491 e. The lowest BCUT2D eigenvalue weighted by molar-refractivity contribution is -0.128. The number of ether oxygens (including phenoxy) is 2. The van der Waals surface area contributed by atoms with Crippen LogP contribution in [0.1, 0.15) is 37.0 Å². The van der Waals surface area contributed by atoms with Crippen molar-refractivity contribution in [1.29, 1.82) is 0 Å². The van der Waals surface area contributed by atoms with Gasteiger partial charge in [0.15, 0.2) is 6.10 Å². The highest BCUT2D eigenvalue weighted by molar-refractivity contribution is 5.81. The first-order valence-electron chi connectivity index (χ1n) is 9.12. The van der Waals surface area contributed by atoms with Crippen molar-refractivity contribution in [3.8, 4) is 11.5 Å². The molecular formula is C22H29NO3. The van der Waals surface area contributed by atoms with Crippen LogP contribution in [0.15, 0.2) is 42.5 Å². The number of benzene rings is 2. The van der Waals surface area contributed by atoms with E-state index in [9.17, 15) is 4.79 Å². The van der Waals surface area contributed by atoms with Gasteiger partial charge in [-0.3, -0.25) is 4.79 Å². The number of amides is 1. The van der Waals surface area contributed by atoms with Crippen LogP contribution in [0, 0.1) is 20.8 Å². The molecule has 0 radical (unpaired) electrons. The summed E-state index contributed by atoms with van der Waals surface area (Å²) >= 11 is 0. The van der Waals surface area contributed by atoms with Crippen molar-refractivity contribution in [3.63, 3.8) is 0 Å². The molecule has 0 fully saturated rings. The second-order valence-corrected chi connectivity index (χ2v) is 6.79. The molecule has 2 atom stereocenters. The number of nitrogens with one attached hydrogen (secondary N) is 1. The average Bonchev–Trinajstić information content (AvgIpc) is 2.62. The number of hydrogen-bond donors (Lipinski definition) is 1. The molecule has 0 bridgehead atoms. The maximum atomic E-state index is 12.5. The molecule has 2 aromatic carbocycles. The molecule has 0 aliphatic carbocycles. The Morgan fingerprint density at radius 2 is 1.65 bits per heavy atom. The summed E-state index contributed by atoms with van der Waals surface area (Å²) in [5.74, 6) is 1.40. The first-order valence-corrected chi connectivity index (χ1v) is 9.12. The van der Waals surface area contributed by atoms with Crippen molar-refractivity contribution >= 4 is 5.91 Å². The fraction of sp³-hybridized carbons (Fsp3) is 0.409. The van der Waals surface area contributed by atoms with Crippen molar-refractivity contribution in [1.82, 2.24) is 5.32 Å². The van der Waals surface area contributed by atoms with Crippen LogP contribution in [0.2, 0.25) is 0 Å². The van der Waals surface area contributed by atoms with Gasteiger partial charge in [-0.05, 0) is 69.5 Å². The van der Waals surface area contributed by atoms with E-state index in [1.807, 2.05) is 70.2 Å². The summed E-state index contributed by atoms with van der Waals surface area (Å²) in [6.45, 7) is 10.4. The highest BCUT2D eigenvalue weighted by Crippen LogP contribution is 2.18. The maximum Gasteiger partial charge on any atom is 0.261 e. The molecular weight excluding hydrogens is 326 g/mol. The van der Waals surface area contributed by atoms with Crippen molar-refractivity contribution < 1.29 is 14.3 Å². The predicted octanol–water partition coefficient (Wildman–Crippen LogP) is 4.35. The van der Waals surface area contributed by atoms with Crippen LogP contribution in [0.4, 0.5) is 0 Å². The lowest BCUT2D eigenvalue weighted by Gasteiger charge is -2.21. The highest BCUT2D eigenvalue weighted by atomic mass is 16.5. The number of rotatable bonds is 8.